The van der Waals surface area contributed by atoms with Crippen LogP contribution in [0.25, 0.3) is 0 Å². The van der Waals surface area contributed by atoms with Crippen molar-refractivity contribution in [2.24, 2.45) is 0 Å². The van der Waals surface area contributed by atoms with Gasteiger partial charge in [-0.3, -0.25) is 4.79 Å². The highest BCUT2D eigenvalue weighted by Crippen LogP contribution is 2.19. The smallest absolute Gasteiger partial charge is 0.238 e. The molecule has 0 radical (unpaired) electrons. The van der Waals surface area contributed by atoms with Crippen LogP contribution in [-0.2, 0) is 11.2 Å². The van der Waals surface area contributed by atoms with Gasteiger partial charge in [0.25, 0.3) is 0 Å². The molecule has 0 saturated carbocycles. The molecule has 0 saturated heterocycles. The summed E-state index contributed by atoms with van der Waals surface area (Å²) >= 11 is 0. The molecular weight excluding hydrogens is 284 g/mol. The molecule has 2 rings (SSSR count). The molecule has 0 unspecified atom stereocenters. The third-order valence-electron chi connectivity index (χ3n) is 4.07. The number of benzene rings is 2. The second kappa shape index (κ2) is 8.49. The lowest BCUT2D eigenvalue weighted by Gasteiger charge is -2.15. The third kappa shape index (κ3) is 5.53. The first kappa shape index (κ1) is 17.2. The van der Waals surface area contributed by atoms with Crippen LogP contribution >= 0.6 is 0 Å². The van der Waals surface area contributed by atoms with Crippen molar-refractivity contribution in [3.63, 3.8) is 0 Å². The summed E-state index contributed by atoms with van der Waals surface area (Å²) in [6, 6.07) is 16.8. The number of rotatable bonds is 7. The van der Waals surface area contributed by atoms with E-state index in [1.165, 1.54) is 5.56 Å². The first-order valence-corrected chi connectivity index (χ1v) is 8.19. The van der Waals surface area contributed by atoms with Crippen LogP contribution in [0.3, 0.4) is 0 Å². The molecule has 0 fully saturated rings. The van der Waals surface area contributed by atoms with Crippen molar-refractivity contribution in [3.05, 3.63) is 65.2 Å². The highest BCUT2D eigenvalue weighted by molar-refractivity contribution is 5.93. The lowest BCUT2D eigenvalue weighted by atomic mass is 10.1. The monoisotopic (exact) mass is 310 g/mol. The normalized spacial score (nSPS) is 12.0. The highest BCUT2D eigenvalue weighted by Gasteiger charge is 2.09. The summed E-state index contributed by atoms with van der Waals surface area (Å²) in [5, 5.41) is 6.31. The van der Waals surface area contributed by atoms with E-state index in [9.17, 15) is 4.79 Å². The van der Waals surface area contributed by atoms with Crippen molar-refractivity contribution in [1.29, 1.82) is 0 Å². The number of aryl methyl sites for hydroxylation is 3. The predicted octanol–water partition coefficient (Wildman–Crippen LogP) is 3.85. The molecule has 0 aliphatic rings. The molecule has 3 nitrogen and oxygen atoms in total. The molecule has 0 aromatic heterocycles. The van der Waals surface area contributed by atoms with Crippen LogP contribution in [0.15, 0.2) is 48.5 Å². The largest absolute Gasteiger partial charge is 0.324 e. The Bertz CT molecular complexity index is 617. The quantitative estimate of drug-likeness (QED) is 0.815. The number of nitrogens with one attached hydrogen (secondary N) is 2. The van der Waals surface area contributed by atoms with Crippen LogP contribution in [0.2, 0.25) is 0 Å². The SMILES string of the molecule is Cc1cccc(C)c1NC(=O)CN[C@H](C)CCc1ccccc1. The summed E-state index contributed by atoms with van der Waals surface area (Å²) in [7, 11) is 0. The molecule has 0 heterocycles. The molecule has 122 valence electrons. The van der Waals surface area contributed by atoms with E-state index in [1.807, 2.05) is 38.1 Å². The van der Waals surface area contributed by atoms with Crippen molar-refractivity contribution < 1.29 is 4.79 Å². The van der Waals surface area contributed by atoms with Crippen molar-refractivity contribution >= 4 is 11.6 Å². The van der Waals surface area contributed by atoms with E-state index in [2.05, 4.69) is 41.8 Å². The summed E-state index contributed by atoms with van der Waals surface area (Å²) in [4.78, 5) is 12.1. The lowest BCUT2D eigenvalue weighted by Crippen LogP contribution is -2.34. The van der Waals surface area contributed by atoms with Gasteiger partial charge in [0.05, 0.1) is 6.54 Å². The van der Waals surface area contributed by atoms with Gasteiger partial charge >= 0.3 is 0 Å². The minimum absolute atomic E-state index is 0.00830. The van der Waals surface area contributed by atoms with Gasteiger partial charge in [0.1, 0.15) is 0 Å². The van der Waals surface area contributed by atoms with E-state index in [0.29, 0.717) is 12.6 Å². The highest BCUT2D eigenvalue weighted by atomic mass is 16.1. The van der Waals surface area contributed by atoms with Crippen LogP contribution < -0.4 is 10.6 Å². The molecule has 0 spiro atoms. The predicted molar refractivity (Wildman–Crippen MR) is 96.8 cm³/mol. The molecule has 23 heavy (non-hydrogen) atoms. The van der Waals surface area contributed by atoms with Gasteiger partial charge in [0.15, 0.2) is 0 Å². The van der Waals surface area contributed by atoms with E-state index < -0.39 is 0 Å². The number of carbonyl (C=O) groups is 1. The average Bonchev–Trinajstić information content (AvgIpc) is 2.55. The van der Waals surface area contributed by atoms with E-state index in [1.54, 1.807) is 0 Å². The third-order valence-corrected chi connectivity index (χ3v) is 4.07. The van der Waals surface area contributed by atoms with Crippen LogP contribution in [0.5, 0.6) is 0 Å². The van der Waals surface area contributed by atoms with Gasteiger partial charge in [-0.15, -0.1) is 0 Å². The summed E-state index contributed by atoms with van der Waals surface area (Å²) in [6.07, 6.45) is 2.04. The zero-order chi connectivity index (χ0) is 16.7. The van der Waals surface area contributed by atoms with Gasteiger partial charge in [-0.25, -0.2) is 0 Å². The van der Waals surface area contributed by atoms with Crippen molar-refractivity contribution in [2.75, 3.05) is 11.9 Å². The number of hydrogen-bond acceptors (Lipinski definition) is 2. The number of hydrogen-bond donors (Lipinski definition) is 2. The van der Waals surface area contributed by atoms with E-state index >= 15 is 0 Å². The fourth-order valence-electron chi connectivity index (χ4n) is 2.59. The maximum absolute atomic E-state index is 12.1. The van der Waals surface area contributed by atoms with Gasteiger partial charge in [0, 0.05) is 11.7 Å². The minimum Gasteiger partial charge on any atom is -0.324 e. The Morgan fingerprint density at radius 3 is 2.30 bits per heavy atom. The Hall–Kier alpha value is -2.13. The molecule has 2 aromatic rings. The number of anilines is 1. The first-order valence-electron chi connectivity index (χ1n) is 8.19. The molecule has 1 atom stereocenters. The summed E-state index contributed by atoms with van der Waals surface area (Å²) in [6.45, 7) is 6.48. The fourth-order valence-corrected chi connectivity index (χ4v) is 2.59. The van der Waals surface area contributed by atoms with Crippen molar-refractivity contribution in [1.82, 2.24) is 5.32 Å². The zero-order valence-electron chi connectivity index (χ0n) is 14.2. The number of para-hydroxylation sites is 1. The average molecular weight is 310 g/mol. The first-order chi connectivity index (χ1) is 11.1. The van der Waals surface area contributed by atoms with Gasteiger partial charge in [0.2, 0.25) is 5.91 Å². The molecule has 2 N–H and O–H groups in total. The maximum Gasteiger partial charge on any atom is 0.238 e. The molecule has 0 aliphatic heterocycles. The van der Waals surface area contributed by atoms with E-state index in [0.717, 1.165) is 29.7 Å². The van der Waals surface area contributed by atoms with E-state index in [-0.39, 0.29) is 5.91 Å². The Kier molecular flexibility index (Phi) is 6.36. The van der Waals surface area contributed by atoms with Gasteiger partial charge in [-0.2, -0.15) is 0 Å². The topological polar surface area (TPSA) is 41.1 Å². The van der Waals surface area contributed by atoms with Crippen LogP contribution in [0.4, 0.5) is 5.69 Å². The molecule has 0 bridgehead atoms. The molecule has 0 aliphatic carbocycles. The minimum atomic E-state index is 0.00830. The second-order valence-corrected chi connectivity index (χ2v) is 6.12. The van der Waals surface area contributed by atoms with Crippen LogP contribution in [0, 0.1) is 13.8 Å². The summed E-state index contributed by atoms with van der Waals surface area (Å²) in [5.74, 6) is 0.00830. The second-order valence-electron chi connectivity index (χ2n) is 6.12. The van der Waals surface area contributed by atoms with Gasteiger partial charge in [-0.1, -0.05) is 48.5 Å². The molecule has 2 aromatic carbocycles. The zero-order valence-corrected chi connectivity index (χ0v) is 14.2. The Morgan fingerprint density at radius 2 is 1.65 bits per heavy atom. The molecule has 3 heteroatoms. The number of amides is 1. The maximum atomic E-state index is 12.1. The lowest BCUT2D eigenvalue weighted by molar-refractivity contribution is -0.115. The van der Waals surface area contributed by atoms with Gasteiger partial charge in [-0.05, 0) is 50.3 Å². The van der Waals surface area contributed by atoms with Crippen LogP contribution in [0.1, 0.15) is 30.0 Å². The molecular formula is C20H26N2O. The van der Waals surface area contributed by atoms with E-state index in [4.69, 9.17) is 0 Å². The van der Waals surface area contributed by atoms with Crippen molar-refractivity contribution in [2.45, 2.75) is 39.7 Å². The summed E-state index contributed by atoms with van der Waals surface area (Å²) in [5.41, 5.74) is 4.45. The molecule has 1 amide bonds. The van der Waals surface area contributed by atoms with Gasteiger partial charge < -0.3 is 10.6 Å². The number of carbonyl (C=O) groups excluding carboxylic acids is 1. The van der Waals surface area contributed by atoms with Crippen LogP contribution in [-0.4, -0.2) is 18.5 Å². The Morgan fingerprint density at radius 1 is 1.00 bits per heavy atom. The summed E-state index contributed by atoms with van der Waals surface area (Å²) < 4.78 is 0. The fraction of sp³-hybridized carbons (Fsp3) is 0.350. The standard InChI is InChI=1S/C20H26N2O/c1-15-8-7-9-16(2)20(15)22-19(23)14-21-17(3)12-13-18-10-5-4-6-11-18/h4-11,17,21H,12-14H2,1-3H3,(H,22,23)/t17-/m1/s1. The van der Waals surface area contributed by atoms with Crippen molar-refractivity contribution in [3.8, 4) is 0 Å². The Labute approximate surface area is 139 Å². The Balaban J connectivity index is 1.75.